The number of aromatic nitrogens is 4. The average molecular weight is 367 g/mol. The lowest BCUT2D eigenvalue weighted by atomic mass is 10.2. The minimum Gasteiger partial charge on any atom is -0.338 e. The van der Waals surface area contributed by atoms with Crippen LogP contribution in [0.4, 0.5) is 21.8 Å². The van der Waals surface area contributed by atoms with Crippen LogP contribution in [0.1, 0.15) is 12.5 Å². The summed E-state index contributed by atoms with van der Waals surface area (Å²) in [4.78, 5) is 22.6. The molecule has 0 spiro atoms. The number of fused-ring (bicyclic) bond motifs is 1. The first-order valence-electron chi connectivity index (χ1n) is 9.13. The number of rotatable bonds is 4. The highest BCUT2D eigenvalue weighted by molar-refractivity contribution is 5.85. The van der Waals surface area contributed by atoms with Gasteiger partial charge in [-0.3, -0.25) is 0 Å². The van der Waals surface area contributed by atoms with Gasteiger partial charge in [0.2, 0.25) is 5.95 Å². The van der Waals surface area contributed by atoms with Gasteiger partial charge in [0.1, 0.15) is 5.82 Å². The maximum atomic E-state index is 13.6. The van der Waals surface area contributed by atoms with Gasteiger partial charge >= 0.3 is 0 Å². The summed E-state index contributed by atoms with van der Waals surface area (Å²) in [6, 6.07) is 4.88. The molecule has 140 valence electrons. The van der Waals surface area contributed by atoms with Crippen LogP contribution in [0.3, 0.4) is 0 Å². The SMILES string of the molecule is CCN1CCN(c2nc(Nc3ccc(F)c(C)c3)c3nccnc3n2)CC1. The summed E-state index contributed by atoms with van der Waals surface area (Å²) in [6.07, 6.45) is 3.24. The van der Waals surface area contributed by atoms with E-state index in [9.17, 15) is 4.39 Å². The van der Waals surface area contributed by atoms with Crippen LogP contribution >= 0.6 is 0 Å². The first kappa shape index (κ1) is 17.5. The quantitative estimate of drug-likeness (QED) is 0.760. The van der Waals surface area contributed by atoms with E-state index in [4.69, 9.17) is 4.98 Å². The molecule has 0 amide bonds. The molecule has 8 heteroatoms. The Morgan fingerprint density at radius 1 is 1.07 bits per heavy atom. The van der Waals surface area contributed by atoms with Crippen molar-refractivity contribution in [2.75, 3.05) is 42.9 Å². The van der Waals surface area contributed by atoms with E-state index in [2.05, 4.69) is 37.0 Å². The van der Waals surface area contributed by atoms with E-state index in [1.165, 1.54) is 6.07 Å². The molecule has 2 aromatic heterocycles. The number of nitrogens with zero attached hydrogens (tertiary/aromatic N) is 6. The second-order valence-electron chi connectivity index (χ2n) is 6.61. The summed E-state index contributed by atoms with van der Waals surface area (Å²) >= 11 is 0. The molecule has 0 atom stereocenters. The van der Waals surface area contributed by atoms with Crippen molar-refractivity contribution in [3.8, 4) is 0 Å². The standard InChI is InChI=1S/C19H22FN7/c1-3-26-8-10-27(11-9-26)19-24-17-16(21-6-7-22-17)18(25-19)23-14-4-5-15(20)13(2)12-14/h4-7,12H,3,8-11H2,1-2H3,(H,22,23,24,25). The Labute approximate surface area is 157 Å². The Kier molecular flexibility index (Phi) is 4.81. The van der Waals surface area contributed by atoms with Crippen molar-refractivity contribution in [2.45, 2.75) is 13.8 Å². The molecule has 1 aliphatic rings. The minimum absolute atomic E-state index is 0.234. The molecule has 1 N–H and O–H groups in total. The number of benzene rings is 1. The Morgan fingerprint density at radius 2 is 1.85 bits per heavy atom. The lowest BCUT2D eigenvalue weighted by Gasteiger charge is -2.34. The molecule has 0 unspecified atom stereocenters. The molecule has 3 heterocycles. The molecule has 0 radical (unpaired) electrons. The number of aryl methyl sites for hydroxylation is 1. The number of likely N-dealkylation sites (N-methyl/N-ethyl adjacent to an activating group) is 1. The summed E-state index contributed by atoms with van der Waals surface area (Å²) in [5, 5.41) is 3.26. The van der Waals surface area contributed by atoms with Gasteiger partial charge in [-0.05, 0) is 37.2 Å². The third-order valence-electron chi connectivity index (χ3n) is 4.84. The third-order valence-corrected chi connectivity index (χ3v) is 4.84. The number of anilines is 3. The van der Waals surface area contributed by atoms with E-state index in [0.717, 1.165) is 38.4 Å². The van der Waals surface area contributed by atoms with E-state index in [1.54, 1.807) is 31.5 Å². The van der Waals surface area contributed by atoms with Gasteiger partial charge in [-0.15, -0.1) is 0 Å². The number of piperazine rings is 1. The highest BCUT2D eigenvalue weighted by atomic mass is 19.1. The van der Waals surface area contributed by atoms with Crippen molar-refractivity contribution in [2.24, 2.45) is 0 Å². The fourth-order valence-electron chi connectivity index (χ4n) is 3.20. The van der Waals surface area contributed by atoms with E-state index in [0.29, 0.717) is 28.5 Å². The smallest absolute Gasteiger partial charge is 0.229 e. The summed E-state index contributed by atoms with van der Waals surface area (Å²) < 4.78 is 13.6. The third kappa shape index (κ3) is 3.66. The second-order valence-corrected chi connectivity index (χ2v) is 6.61. The Balaban J connectivity index is 1.69. The topological polar surface area (TPSA) is 70.1 Å². The van der Waals surface area contributed by atoms with Crippen LogP contribution in [0.5, 0.6) is 0 Å². The van der Waals surface area contributed by atoms with Crippen LogP contribution in [-0.4, -0.2) is 57.6 Å². The molecule has 4 rings (SSSR count). The van der Waals surface area contributed by atoms with Crippen molar-refractivity contribution < 1.29 is 4.39 Å². The van der Waals surface area contributed by atoms with Crippen molar-refractivity contribution >= 4 is 28.6 Å². The van der Waals surface area contributed by atoms with Gasteiger partial charge in [0, 0.05) is 44.3 Å². The molecule has 7 nitrogen and oxygen atoms in total. The minimum atomic E-state index is -0.234. The van der Waals surface area contributed by atoms with Gasteiger partial charge in [0.15, 0.2) is 17.0 Å². The van der Waals surface area contributed by atoms with Crippen LogP contribution in [-0.2, 0) is 0 Å². The highest BCUT2D eigenvalue weighted by Crippen LogP contribution is 2.25. The maximum absolute atomic E-state index is 13.6. The van der Waals surface area contributed by atoms with Crippen molar-refractivity contribution in [3.63, 3.8) is 0 Å². The molecule has 0 bridgehead atoms. The molecule has 1 aromatic carbocycles. The van der Waals surface area contributed by atoms with Crippen LogP contribution in [0, 0.1) is 12.7 Å². The van der Waals surface area contributed by atoms with E-state index in [1.807, 2.05) is 0 Å². The molecular formula is C19H22FN7. The zero-order valence-electron chi connectivity index (χ0n) is 15.5. The van der Waals surface area contributed by atoms with Gasteiger partial charge in [-0.25, -0.2) is 14.4 Å². The van der Waals surface area contributed by atoms with Gasteiger partial charge in [0.05, 0.1) is 0 Å². The number of hydrogen-bond donors (Lipinski definition) is 1. The van der Waals surface area contributed by atoms with E-state index in [-0.39, 0.29) is 5.82 Å². The predicted molar refractivity (Wildman–Crippen MR) is 104 cm³/mol. The van der Waals surface area contributed by atoms with Crippen molar-refractivity contribution in [1.29, 1.82) is 0 Å². The number of hydrogen-bond acceptors (Lipinski definition) is 7. The summed E-state index contributed by atoms with van der Waals surface area (Å²) in [6.45, 7) is 8.66. The molecule has 0 saturated carbocycles. The van der Waals surface area contributed by atoms with Gasteiger partial charge in [0.25, 0.3) is 0 Å². The van der Waals surface area contributed by atoms with E-state index >= 15 is 0 Å². The Hall–Kier alpha value is -2.87. The van der Waals surface area contributed by atoms with Gasteiger partial charge < -0.3 is 15.1 Å². The monoisotopic (exact) mass is 367 g/mol. The molecule has 1 aliphatic heterocycles. The Bertz CT molecular complexity index is 954. The normalized spacial score (nSPS) is 15.3. The molecular weight excluding hydrogens is 345 g/mol. The summed E-state index contributed by atoms with van der Waals surface area (Å²) in [5.74, 6) is 0.981. The zero-order valence-corrected chi connectivity index (χ0v) is 15.5. The van der Waals surface area contributed by atoms with Crippen LogP contribution in [0.2, 0.25) is 0 Å². The zero-order chi connectivity index (χ0) is 18.8. The first-order valence-corrected chi connectivity index (χ1v) is 9.13. The Morgan fingerprint density at radius 3 is 2.59 bits per heavy atom. The van der Waals surface area contributed by atoms with Crippen molar-refractivity contribution in [1.82, 2.24) is 24.8 Å². The summed E-state index contributed by atoms with van der Waals surface area (Å²) in [5.41, 5.74) is 2.46. The number of nitrogens with one attached hydrogen (secondary N) is 1. The molecule has 27 heavy (non-hydrogen) atoms. The second kappa shape index (κ2) is 7.40. The molecule has 1 saturated heterocycles. The van der Waals surface area contributed by atoms with Gasteiger partial charge in [-0.2, -0.15) is 9.97 Å². The lowest BCUT2D eigenvalue weighted by molar-refractivity contribution is 0.270. The predicted octanol–water partition coefficient (Wildman–Crippen LogP) is 2.75. The first-order chi connectivity index (χ1) is 13.1. The maximum Gasteiger partial charge on any atom is 0.229 e. The fraction of sp³-hybridized carbons (Fsp3) is 0.368. The molecule has 1 fully saturated rings. The average Bonchev–Trinajstić information content (AvgIpc) is 2.71. The highest BCUT2D eigenvalue weighted by Gasteiger charge is 2.20. The van der Waals surface area contributed by atoms with Crippen LogP contribution < -0.4 is 10.2 Å². The molecule has 0 aliphatic carbocycles. The lowest BCUT2D eigenvalue weighted by Crippen LogP contribution is -2.46. The fourth-order valence-corrected chi connectivity index (χ4v) is 3.20. The summed E-state index contributed by atoms with van der Waals surface area (Å²) in [7, 11) is 0. The van der Waals surface area contributed by atoms with Crippen molar-refractivity contribution in [3.05, 3.63) is 42.0 Å². The molecule has 3 aromatic rings. The van der Waals surface area contributed by atoms with Gasteiger partial charge in [-0.1, -0.05) is 6.92 Å². The van der Waals surface area contributed by atoms with Crippen LogP contribution in [0.25, 0.3) is 11.2 Å². The largest absolute Gasteiger partial charge is 0.338 e. The van der Waals surface area contributed by atoms with Crippen LogP contribution in [0.15, 0.2) is 30.6 Å². The number of halogens is 1. The van der Waals surface area contributed by atoms with E-state index < -0.39 is 0 Å².